The van der Waals surface area contributed by atoms with Gasteiger partial charge in [0.1, 0.15) is 23.2 Å². The molecule has 224 valence electrons. The van der Waals surface area contributed by atoms with E-state index in [0.29, 0.717) is 30.1 Å². The number of carbonyl (C=O) groups is 1. The Hall–Kier alpha value is -3.64. The first-order valence-corrected chi connectivity index (χ1v) is 14.7. The summed E-state index contributed by atoms with van der Waals surface area (Å²) in [6.45, 7) is 17.6. The lowest BCUT2D eigenvalue weighted by atomic mass is 9.99. The number of morpholine rings is 1. The lowest BCUT2D eigenvalue weighted by molar-refractivity contribution is -0.118. The van der Waals surface area contributed by atoms with E-state index in [9.17, 15) is 10.1 Å². The summed E-state index contributed by atoms with van der Waals surface area (Å²) in [5, 5.41) is 18.6. The van der Waals surface area contributed by atoms with Crippen molar-refractivity contribution in [1.82, 2.24) is 10.2 Å². The summed E-state index contributed by atoms with van der Waals surface area (Å²) in [4.78, 5) is 15.5. The Balaban J connectivity index is 1.41. The van der Waals surface area contributed by atoms with E-state index < -0.39 is 11.4 Å². The number of anilines is 1. The number of carbonyl (C=O) groups excluding carboxylic acids is 1. The van der Waals surface area contributed by atoms with Crippen LogP contribution < -0.4 is 10.6 Å². The van der Waals surface area contributed by atoms with Crippen molar-refractivity contribution in [3.63, 3.8) is 0 Å². The van der Waals surface area contributed by atoms with E-state index in [4.69, 9.17) is 13.9 Å². The first kappa shape index (κ1) is 31.3. The zero-order valence-electron chi connectivity index (χ0n) is 25.8. The fourth-order valence-corrected chi connectivity index (χ4v) is 4.86. The van der Waals surface area contributed by atoms with Crippen LogP contribution in [0.5, 0.6) is 0 Å². The minimum Gasteiger partial charge on any atom is -0.456 e. The Kier molecular flexibility index (Phi) is 10.1. The molecule has 8 heteroatoms. The fourth-order valence-electron chi connectivity index (χ4n) is 4.86. The highest BCUT2D eigenvalue weighted by Gasteiger charge is 2.25. The number of fused-ring (bicyclic) bond motifs is 1. The molecule has 0 unspecified atom stereocenters. The van der Waals surface area contributed by atoms with Gasteiger partial charge in [-0.1, -0.05) is 18.2 Å². The molecule has 0 aliphatic carbocycles. The van der Waals surface area contributed by atoms with Gasteiger partial charge in [-0.25, -0.2) is 0 Å². The van der Waals surface area contributed by atoms with E-state index >= 15 is 0 Å². The smallest absolute Gasteiger partial charge is 0.262 e. The van der Waals surface area contributed by atoms with E-state index in [-0.39, 0.29) is 11.2 Å². The molecule has 1 amide bonds. The van der Waals surface area contributed by atoms with Crippen LogP contribution in [-0.2, 0) is 14.3 Å². The topological polar surface area (TPSA) is 99.8 Å². The predicted molar refractivity (Wildman–Crippen MR) is 168 cm³/mol. The van der Waals surface area contributed by atoms with Gasteiger partial charge in [0.15, 0.2) is 0 Å². The minimum atomic E-state index is -0.539. The van der Waals surface area contributed by atoms with Gasteiger partial charge in [-0.2, -0.15) is 5.26 Å². The van der Waals surface area contributed by atoms with Crippen molar-refractivity contribution in [1.29, 1.82) is 5.26 Å². The quantitative estimate of drug-likeness (QED) is 0.207. The van der Waals surface area contributed by atoms with Gasteiger partial charge in [0, 0.05) is 55.1 Å². The van der Waals surface area contributed by atoms with Gasteiger partial charge in [-0.15, -0.1) is 0 Å². The Morgan fingerprint density at radius 2 is 1.74 bits per heavy atom. The van der Waals surface area contributed by atoms with Gasteiger partial charge < -0.3 is 24.5 Å². The van der Waals surface area contributed by atoms with Crippen LogP contribution in [0.25, 0.3) is 27.7 Å². The molecule has 2 heterocycles. The molecule has 1 saturated heterocycles. The molecule has 2 aromatic carbocycles. The summed E-state index contributed by atoms with van der Waals surface area (Å²) in [5.74, 6) is 0.746. The molecule has 4 rings (SSSR count). The molecule has 0 atom stereocenters. The van der Waals surface area contributed by atoms with Crippen LogP contribution in [0, 0.1) is 11.3 Å². The second kappa shape index (κ2) is 13.6. The molecule has 8 nitrogen and oxygen atoms in total. The largest absolute Gasteiger partial charge is 0.456 e. The van der Waals surface area contributed by atoms with Crippen LogP contribution in [-0.4, -0.2) is 67.9 Å². The third kappa shape index (κ3) is 8.68. The summed E-state index contributed by atoms with van der Waals surface area (Å²) in [6, 6.07) is 18.3. The normalized spacial score (nSPS) is 15.3. The second-order valence-corrected chi connectivity index (χ2v) is 12.5. The molecule has 1 fully saturated rings. The maximum absolute atomic E-state index is 13.1. The zero-order chi connectivity index (χ0) is 30.3. The Morgan fingerprint density at radius 1 is 1.02 bits per heavy atom. The lowest BCUT2D eigenvalue weighted by Crippen LogP contribution is -2.45. The van der Waals surface area contributed by atoms with Gasteiger partial charge in [0.05, 0.1) is 18.8 Å². The second-order valence-electron chi connectivity index (χ2n) is 12.5. The Bertz CT molecular complexity index is 1450. The highest BCUT2D eigenvalue weighted by molar-refractivity contribution is 6.04. The highest BCUT2D eigenvalue weighted by Crippen LogP contribution is 2.30. The van der Waals surface area contributed by atoms with Crippen molar-refractivity contribution in [3.8, 4) is 17.4 Å². The summed E-state index contributed by atoms with van der Waals surface area (Å²) in [6.07, 6.45) is 0.618. The molecular weight excluding hydrogens is 528 g/mol. The highest BCUT2D eigenvalue weighted by atomic mass is 16.5. The molecule has 1 aliphatic rings. The van der Waals surface area contributed by atoms with Crippen molar-refractivity contribution >= 4 is 27.9 Å². The van der Waals surface area contributed by atoms with E-state index in [1.165, 1.54) is 0 Å². The summed E-state index contributed by atoms with van der Waals surface area (Å²) in [7, 11) is 0. The molecular formula is C34H44N4O4. The fraction of sp³-hybridized carbons (Fsp3) is 0.471. The number of nitriles is 1. The first-order valence-electron chi connectivity index (χ1n) is 14.7. The molecule has 2 N–H and O–H groups in total. The number of hydrogen-bond acceptors (Lipinski definition) is 7. The SMILES string of the molecule is CC(=C(C#N)C(=O)NC(C)(C)CCOC(C)(C)C)c1ccc(-c2ccc3cc(NCCN4CCOCC4)ccc3c2)o1. The summed E-state index contributed by atoms with van der Waals surface area (Å²) >= 11 is 0. The van der Waals surface area contributed by atoms with Gasteiger partial charge in [0.2, 0.25) is 0 Å². The van der Waals surface area contributed by atoms with Gasteiger partial charge >= 0.3 is 0 Å². The van der Waals surface area contributed by atoms with Crippen molar-refractivity contribution in [2.75, 3.05) is 51.3 Å². The Morgan fingerprint density at radius 3 is 2.45 bits per heavy atom. The van der Waals surface area contributed by atoms with Gasteiger partial charge in [0.25, 0.3) is 5.91 Å². The average molecular weight is 573 g/mol. The predicted octanol–water partition coefficient (Wildman–Crippen LogP) is 6.24. The van der Waals surface area contributed by atoms with Crippen molar-refractivity contribution in [2.45, 2.75) is 59.1 Å². The van der Waals surface area contributed by atoms with E-state index in [1.54, 1.807) is 6.92 Å². The number of ether oxygens (including phenoxy) is 2. The number of allylic oxidation sites excluding steroid dienone is 1. The van der Waals surface area contributed by atoms with Gasteiger partial charge in [-0.3, -0.25) is 9.69 Å². The number of nitrogens with one attached hydrogen (secondary N) is 2. The first-order chi connectivity index (χ1) is 19.9. The molecule has 1 aromatic heterocycles. The van der Waals surface area contributed by atoms with Crippen LogP contribution >= 0.6 is 0 Å². The molecule has 0 spiro atoms. The molecule has 1 aliphatic heterocycles. The van der Waals surface area contributed by atoms with Crippen LogP contribution in [0.4, 0.5) is 5.69 Å². The molecule has 0 saturated carbocycles. The maximum atomic E-state index is 13.1. The summed E-state index contributed by atoms with van der Waals surface area (Å²) in [5.41, 5.74) is 1.76. The molecule has 0 bridgehead atoms. The standard InChI is InChI=1S/C34H44N4O4/c1-24(29(23-35)32(39)37-34(5,6)13-18-41-33(2,3)4)30-11-12-31(42-30)27-8-7-26-22-28(10-9-25(26)21-27)36-14-15-38-16-19-40-20-17-38/h7-12,21-22,36H,13-20H2,1-6H3,(H,37,39). The molecule has 3 aromatic rings. The number of furan rings is 1. The Labute approximate surface area is 249 Å². The number of amides is 1. The zero-order valence-corrected chi connectivity index (χ0v) is 25.8. The summed E-state index contributed by atoms with van der Waals surface area (Å²) < 4.78 is 17.4. The number of rotatable bonds is 11. The van der Waals surface area contributed by atoms with Crippen molar-refractivity contribution in [3.05, 3.63) is 59.9 Å². The average Bonchev–Trinajstić information content (AvgIpc) is 3.43. The number of nitrogens with zero attached hydrogens (tertiary/aromatic N) is 2. The van der Waals surface area contributed by atoms with Crippen molar-refractivity contribution < 1.29 is 18.7 Å². The minimum absolute atomic E-state index is 0.0351. The third-order valence-electron chi connectivity index (χ3n) is 7.39. The molecule has 0 radical (unpaired) electrons. The maximum Gasteiger partial charge on any atom is 0.262 e. The third-order valence-corrected chi connectivity index (χ3v) is 7.39. The van der Waals surface area contributed by atoms with Crippen LogP contribution in [0.15, 0.2) is 58.5 Å². The van der Waals surface area contributed by atoms with Crippen LogP contribution in [0.3, 0.4) is 0 Å². The number of hydrogen-bond donors (Lipinski definition) is 2. The monoisotopic (exact) mass is 572 g/mol. The van der Waals surface area contributed by atoms with Crippen LogP contribution in [0.1, 0.15) is 53.7 Å². The van der Waals surface area contributed by atoms with Crippen molar-refractivity contribution in [2.24, 2.45) is 0 Å². The van der Waals surface area contributed by atoms with Crippen LogP contribution in [0.2, 0.25) is 0 Å². The molecule has 42 heavy (non-hydrogen) atoms. The lowest BCUT2D eigenvalue weighted by Gasteiger charge is -2.28. The van der Waals surface area contributed by atoms with E-state index in [0.717, 1.165) is 61.4 Å². The number of benzene rings is 2. The van der Waals surface area contributed by atoms with Gasteiger partial charge in [-0.05, 0) is 89.1 Å². The van der Waals surface area contributed by atoms with E-state index in [1.807, 2.05) is 52.8 Å². The van der Waals surface area contributed by atoms with E-state index in [2.05, 4.69) is 51.9 Å².